The van der Waals surface area contributed by atoms with Crippen molar-refractivity contribution in [3.8, 4) is 17.4 Å². The van der Waals surface area contributed by atoms with Crippen LogP contribution in [-0.2, 0) is 0 Å². The van der Waals surface area contributed by atoms with Gasteiger partial charge in [0.15, 0.2) is 5.69 Å². The predicted octanol–water partition coefficient (Wildman–Crippen LogP) is 4.58. The quantitative estimate of drug-likeness (QED) is 0.840. The van der Waals surface area contributed by atoms with Gasteiger partial charge >= 0.3 is 5.95 Å². The van der Waals surface area contributed by atoms with Crippen LogP contribution in [0.1, 0.15) is 51.1 Å². The molecule has 1 aromatic carbocycles. The van der Waals surface area contributed by atoms with Gasteiger partial charge in [0.05, 0.1) is 11.8 Å². The fourth-order valence-corrected chi connectivity index (χ4v) is 2.95. The maximum Gasteiger partial charge on any atom is 0.312 e. The first-order valence-electron chi connectivity index (χ1n) is 8.10. The number of rotatable bonds is 4. The number of nitrogens with zero attached hydrogens (tertiary/aromatic N) is 2. The second-order valence-corrected chi connectivity index (χ2v) is 5.76. The zero-order chi connectivity index (χ0) is 15.4. The third-order valence-electron chi connectivity index (χ3n) is 4.15. The smallest absolute Gasteiger partial charge is 0.312 e. The standard InChI is InChI=1S/C18H22N2O2/c1-2-15(19-14-11-7-4-8-12-14)16-18(21)22-17(20-16)13-9-5-3-6-10-13/h3,5-6,9-10,14,21H,2,4,7-8,11-12H2,1H3. The fourth-order valence-electron chi connectivity index (χ4n) is 2.95. The number of hydrogen-bond donors (Lipinski definition) is 1. The summed E-state index contributed by atoms with van der Waals surface area (Å²) in [5, 5.41) is 10.1. The predicted molar refractivity (Wildman–Crippen MR) is 87.3 cm³/mol. The van der Waals surface area contributed by atoms with E-state index in [-0.39, 0.29) is 5.95 Å². The van der Waals surface area contributed by atoms with Gasteiger partial charge in [-0.1, -0.05) is 44.4 Å². The minimum absolute atomic E-state index is 0.129. The Morgan fingerprint density at radius 2 is 1.95 bits per heavy atom. The van der Waals surface area contributed by atoms with E-state index in [2.05, 4.69) is 4.98 Å². The number of aliphatic imine (C=N–C) groups is 1. The molecule has 0 atom stereocenters. The van der Waals surface area contributed by atoms with Crippen LogP contribution in [0.4, 0.5) is 0 Å². The first kappa shape index (κ1) is 14.8. The van der Waals surface area contributed by atoms with Crippen LogP contribution in [0.15, 0.2) is 39.7 Å². The first-order valence-corrected chi connectivity index (χ1v) is 8.10. The molecule has 1 saturated carbocycles. The Bertz CT molecular complexity index is 640. The second kappa shape index (κ2) is 6.77. The lowest BCUT2D eigenvalue weighted by molar-refractivity contribution is 0.336. The molecule has 1 fully saturated rings. The van der Waals surface area contributed by atoms with Crippen molar-refractivity contribution in [3.63, 3.8) is 0 Å². The normalized spacial score (nSPS) is 16.9. The topological polar surface area (TPSA) is 58.6 Å². The highest BCUT2D eigenvalue weighted by Gasteiger charge is 2.20. The lowest BCUT2D eigenvalue weighted by Crippen LogP contribution is -2.13. The van der Waals surface area contributed by atoms with Crippen LogP contribution in [0.25, 0.3) is 11.5 Å². The van der Waals surface area contributed by atoms with Crippen molar-refractivity contribution in [2.75, 3.05) is 0 Å². The van der Waals surface area contributed by atoms with Crippen molar-refractivity contribution in [3.05, 3.63) is 36.0 Å². The van der Waals surface area contributed by atoms with E-state index in [1.807, 2.05) is 37.3 Å². The molecule has 0 unspecified atom stereocenters. The second-order valence-electron chi connectivity index (χ2n) is 5.76. The van der Waals surface area contributed by atoms with Gasteiger partial charge < -0.3 is 9.52 Å². The molecule has 0 spiro atoms. The van der Waals surface area contributed by atoms with E-state index in [9.17, 15) is 5.11 Å². The van der Waals surface area contributed by atoms with Gasteiger partial charge in [0.2, 0.25) is 5.89 Å². The molecule has 0 aliphatic heterocycles. The lowest BCUT2D eigenvalue weighted by atomic mass is 9.96. The Balaban J connectivity index is 1.89. The monoisotopic (exact) mass is 298 g/mol. The van der Waals surface area contributed by atoms with Crippen LogP contribution in [0.3, 0.4) is 0 Å². The van der Waals surface area contributed by atoms with E-state index >= 15 is 0 Å². The first-order chi connectivity index (χ1) is 10.8. The van der Waals surface area contributed by atoms with Crippen molar-refractivity contribution in [1.82, 2.24) is 4.98 Å². The molecule has 116 valence electrons. The highest BCUT2D eigenvalue weighted by atomic mass is 16.5. The molecule has 1 heterocycles. The van der Waals surface area contributed by atoms with E-state index in [1.54, 1.807) is 0 Å². The summed E-state index contributed by atoms with van der Waals surface area (Å²) in [6, 6.07) is 9.98. The highest BCUT2D eigenvalue weighted by molar-refractivity contribution is 6.00. The molecule has 3 rings (SSSR count). The number of aromatic hydroxyl groups is 1. The zero-order valence-electron chi connectivity index (χ0n) is 13.0. The molecule has 2 aromatic rings. The summed E-state index contributed by atoms with van der Waals surface area (Å²) in [5.74, 6) is 0.313. The van der Waals surface area contributed by atoms with E-state index in [0.717, 1.165) is 30.5 Å². The number of benzene rings is 1. The van der Waals surface area contributed by atoms with Crippen LogP contribution in [0.2, 0.25) is 0 Å². The van der Waals surface area contributed by atoms with Crippen molar-refractivity contribution in [1.29, 1.82) is 0 Å². The summed E-state index contributed by atoms with van der Waals surface area (Å²) >= 11 is 0. The van der Waals surface area contributed by atoms with Crippen molar-refractivity contribution in [2.45, 2.75) is 51.5 Å². The van der Waals surface area contributed by atoms with Crippen LogP contribution in [-0.4, -0.2) is 21.8 Å². The van der Waals surface area contributed by atoms with Crippen molar-refractivity contribution < 1.29 is 9.52 Å². The zero-order valence-corrected chi connectivity index (χ0v) is 13.0. The third-order valence-corrected chi connectivity index (χ3v) is 4.15. The molecule has 1 N–H and O–H groups in total. The Labute approximate surface area is 130 Å². The van der Waals surface area contributed by atoms with Crippen LogP contribution in [0.5, 0.6) is 5.95 Å². The summed E-state index contributed by atoms with van der Waals surface area (Å²) in [6.45, 7) is 2.04. The van der Waals surface area contributed by atoms with Crippen molar-refractivity contribution in [2.24, 2.45) is 4.99 Å². The van der Waals surface area contributed by atoms with Gasteiger partial charge in [-0.25, -0.2) is 4.98 Å². The highest BCUT2D eigenvalue weighted by Crippen LogP contribution is 2.28. The molecule has 0 bridgehead atoms. The van der Waals surface area contributed by atoms with E-state index < -0.39 is 0 Å². The number of aromatic nitrogens is 1. The average Bonchev–Trinajstić information content (AvgIpc) is 2.96. The summed E-state index contributed by atoms with van der Waals surface area (Å²) in [4.78, 5) is 9.30. The Kier molecular flexibility index (Phi) is 4.56. The Hall–Kier alpha value is -2.10. The minimum Gasteiger partial charge on any atom is -0.479 e. The van der Waals surface area contributed by atoms with Gasteiger partial charge in [-0.05, 0) is 31.4 Å². The molecule has 4 nitrogen and oxygen atoms in total. The molecule has 4 heteroatoms. The minimum atomic E-state index is -0.129. The van der Waals surface area contributed by atoms with Gasteiger partial charge in [0.25, 0.3) is 0 Å². The number of oxazole rings is 1. The van der Waals surface area contributed by atoms with Gasteiger partial charge in [-0.3, -0.25) is 4.99 Å². The van der Waals surface area contributed by atoms with Crippen LogP contribution in [0, 0.1) is 0 Å². The van der Waals surface area contributed by atoms with E-state index in [0.29, 0.717) is 17.6 Å². The molecule has 1 aromatic heterocycles. The molecule has 0 saturated heterocycles. The fraction of sp³-hybridized carbons (Fsp3) is 0.444. The molecular formula is C18H22N2O2. The molecule has 0 amide bonds. The van der Waals surface area contributed by atoms with Crippen molar-refractivity contribution >= 4 is 5.71 Å². The Morgan fingerprint density at radius 1 is 1.23 bits per heavy atom. The summed E-state index contributed by atoms with van der Waals surface area (Å²) in [6.07, 6.45) is 6.80. The van der Waals surface area contributed by atoms with E-state index in [1.165, 1.54) is 19.3 Å². The van der Waals surface area contributed by atoms with Gasteiger partial charge in [0, 0.05) is 5.56 Å². The summed E-state index contributed by atoms with van der Waals surface area (Å²) in [7, 11) is 0. The van der Waals surface area contributed by atoms with E-state index in [4.69, 9.17) is 9.41 Å². The number of hydrogen-bond acceptors (Lipinski definition) is 4. The maximum atomic E-state index is 10.1. The van der Waals surface area contributed by atoms with Gasteiger partial charge in [0.1, 0.15) is 0 Å². The van der Waals surface area contributed by atoms with Gasteiger partial charge in [-0.2, -0.15) is 0 Å². The van der Waals surface area contributed by atoms with Crippen LogP contribution < -0.4 is 0 Å². The molecule has 22 heavy (non-hydrogen) atoms. The Morgan fingerprint density at radius 3 is 2.64 bits per heavy atom. The largest absolute Gasteiger partial charge is 0.479 e. The average molecular weight is 298 g/mol. The summed E-state index contributed by atoms with van der Waals surface area (Å²) in [5.41, 5.74) is 2.19. The molecular weight excluding hydrogens is 276 g/mol. The maximum absolute atomic E-state index is 10.1. The van der Waals surface area contributed by atoms with Gasteiger partial charge in [-0.15, -0.1) is 0 Å². The lowest BCUT2D eigenvalue weighted by Gasteiger charge is -2.18. The molecule has 0 radical (unpaired) electrons. The molecule has 1 aliphatic rings. The summed E-state index contributed by atoms with van der Waals surface area (Å²) < 4.78 is 5.44. The SMILES string of the molecule is CCC(=NC1CCCCC1)c1nc(-c2ccccc2)oc1O. The molecule has 1 aliphatic carbocycles. The van der Waals surface area contributed by atoms with Crippen LogP contribution >= 0.6 is 0 Å². The third kappa shape index (κ3) is 3.21.